The Labute approximate surface area is 298 Å². The molecule has 0 unspecified atom stereocenters. The van der Waals surface area contributed by atoms with Gasteiger partial charge in [-0.05, 0) is 101 Å². The minimum absolute atomic E-state index is 0.0599. The van der Waals surface area contributed by atoms with Crippen LogP contribution in [0.5, 0.6) is 0 Å². The lowest BCUT2D eigenvalue weighted by Crippen LogP contribution is -2.40. The van der Waals surface area contributed by atoms with E-state index in [9.17, 15) is 45.5 Å². The number of nitrogens with zero attached hydrogens (tertiary/aromatic N) is 3. The highest BCUT2D eigenvalue weighted by Crippen LogP contribution is 2.32. The number of benzene rings is 2. The van der Waals surface area contributed by atoms with Gasteiger partial charge in [0.15, 0.2) is 0 Å². The molecule has 0 radical (unpaired) electrons. The third kappa shape index (κ3) is 8.73. The van der Waals surface area contributed by atoms with Crippen molar-refractivity contribution in [3.8, 4) is 11.4 Å². The summed E-state index contributed by atoms with van der Waals surface area (Å²) in [6.45, 7) is 3.67. The second-order valence-corrected chi connectivity index (χ2v) is 12.9. The normalized spacial score (nSPS) is 11.9. The molecule has 266 valence electrons. The molecule has 0 aliphatic carbocycles. The number of halogens is 8. The second-order valence-electron chi connectivity index (χ2n) is 11.2. The lowest BCUT2D eigenvalue weighted by molar-refractivity contribution is -0.138. The van der Waals surface area contributed by atoms with Gasteiger partial charge in [0, 0.05) is 57.9 Å². The van der Waals surface area contributed by atoms with Crippen molar-refractivity contribution in [1.29, 1.82) is 0 Å². The van der Waals surface area contributed by atoms with Gasteiger partial charge in [-0.15, -0.1) is 0 Å². The number of likely N-dealkylation sites (N-methyl/N-ethyl adjacent to an activating group) is 1. The van der Waals surface area contributed by atoms with Crippen molar-refractivity contribution < 1.29 is 35.9 Å². The van der Waals surface area contributed by atoms with Crippen LogP contribution in [-0.2, 0) is 12.4 Å². The Bertz CT molecular complexity index is 1920. The van der Waals surface area contributed by atoms with Crippen LogP contribution in [0.3, 0.4) is 0 Å². The van der Waals surface area contributed by atoms with Gasteiger partial charge in [-0.2, -0.15) is 26.3 Å². The van der Waals surface area contributed by atoms with Gasteiger partial charge in [0.05, 0.1) is 11.1 Å². The largest absolute Gasteiger partial charge is 0.416 e. The molecule has 2 aromatic carbocycles. The van der Waals surface area contributed by atoms with Crippen molar-refractivity contribution in [2.45, 2.75) is 26.2 Å². The van der Waals surface area contributed by atoms with Crippen molar-refractivity contribution in [3.63, 3.8) is 0 Å². The molecule has 0 aliphatic rings. The molecule has 0 saturated carbocycles. The van der Waals surface area contributed by atoms with Crippen LogP contribution in [0.1, 0.15) is 43.2 Å². The standard InChI is InChI=1S/C33H29Br2F6N5O4/c1-18-26(34)16-24(30(49)45(18)22-8-4-6-20(14-22)32(36,37)38)28(47)42-10-12-44(3)13-11-43-29(48)25-17-27(35)19(2)46(31(25)50)23-9-5-7-21(15-23)33(39,40)41/h4-9,14-17H,10-13H2,1-3H3,(H,42,47)(H,43,48). The van der Waals surface area contributed by atoms with Crippen LogP contribution in [0.4, 0.5) is 26.3 Å². The van der Waals surface area contributed by atoms with E-state index in [1.54, 1.807) is 11.9 Å². The van der Waals surface area contributed by atoms with Crippen LogP contribution in [-0.4, -0.2) is 59.1 Å². The molecule has 17 heteroatoms. The van der Waals surface area contributed by atoms with Crippen molar-refractivity contribution >= 4 is 43.7 Å². The third-order valence-corrected chi connectivity index (χ3v) is 9.29. The van der Waals surface area contributed by atoms with Crippen LogP contribution in [0, 0.1) is 13.8 Å². The van der Waals surface area contributed by atoms with Gasteiger partial charge in [0.1, 0.15) is 11.1 Å². The maximum atomic E-state index is 13.3. The molecule has 0 fully saturated rings. The smallest absolute Gasteiger partial charge is 0.351 e. The summed E-state index contributed by atoms with van der Waals surface area (Å²) in [4.78, 5) is 54.2. The predicted molar refractivity (Wildman–Crippen MR) is 181 cm³/mol. The molecule has 4 aromatic rings. The van der Waals surface area contributed by atoms with E-state index in [0.29, 0.717) is 20.3 Å². The number of pyridine rings is 2. The second kappa shape index (κ2) is 15.3. The van der Waals surface area contributed by atoms with Gasteiger partial charge in [-0.3, -0.25) is 28.3 Å². The lowest BCUT2D eigenvalue weighted by atomic mass is 10.1. The van der Waals surface area contributed by atoms with Crippen molar-refractivity contribution in [2.24, 2.45) is 0 Å². The van der Waals surface area contributed by atoms with E-state index in [1.165, 1.54) is 50.2 Å². The number of alkyl halides is 6. The number of hydrogen-bond donors (Lipinski definition) is 2. The Balaban J connectivity index is 1.38. The molecule has 0 aliphatic heterocycles. The summed E-state index contributed by atoms with van der Waals surface area (Å²) in [6.07, 6.45) is -9.27. The van der Waals surface area contributed by atoms with Gasteiger partial charge in [0.25, 0.3) is 22.9 Å². The minimum atomic E-state index is -4.64. The van der Waals surface area contributed by atoms with Crippen molar-refractivity contribution in [2.75, 3.05) is 33.2 Å². The van der Waals surface area contributed by atoms with Gasteiger partial charge >= 0.3 is 12.4 Å². The van der Waals surface area contributed by atoms with E-state index >= 15 is 0 Å². The predicted octanol–water partition coefficient (Wildman–Crippen LogP) is 6.26. The summed E-state index contributed by atoms with van der Waals surface area (Å²) in [6, 6.07) is 11.0. The number of amides is 2. The Kier molecular flexibility index (Phi) is 11.8. The highest BCUT2D eigenvalue weighted by atomic mass is 79.9. The molecule has 2 amide bonds. The van der Waals surface area contributed by atoms with Gasteiger partial charge < -0.3 is 15.5 Å². The maximum Gasteiger partial charge on any atom is 0.416 e. The Morgan fingerprint density at radius 3 is 1.38 bits per heavy atom. The fourth-order valence-corrected chi connectivity index (χ4v) is 5.77. The summed E-state index contributed by atoms with van der Waals surface area (Å²) in [5, 5.41) is 5.22. The first-order chi connectivity index (χ1) is 23.3. The third-order valence-electron chi connectivity index (χ3n) is 7.68. The molecule has 0 spiro atoms. The number of carbonyl (C=O) groups is 2. The number of hydrogen-bond acceptors (Lipinski definition) is 5. The molecule has 50 heavy (non-hydrogen) atoms. The molecule has 4 rings (SSSR count). The first kappa shape index (κ1) is 38.6. The lowest BCUT2D eigenvalue weighted by Gasteiger charge is -2.18. The highest BCUT2D eigenvalue weighted by molar-refractivity contribution is 9.10. The van der Waals surface area contributed by atoms with Crippen LogP contribution in [0.2, 0.25) is 0 Å². The average Bonchev–Trinajstić information content (AvgIpc) is 3.04. The Hall–Kier alpha value is -4.22. The molecule has 2 aromatic heterocycles. The number of rotatable bonds is 10. The van der Waals surface area contributed by atoms with E-state index in [4.69, 9.17) is 0 Å². The fraction of sp³-hybridized carbons (Fsp3) is 0.273. The van der Waals surface area contributed by atoms with Gasteiger partial charge in [-0.1, -0.05) is 12.1 Å². The van der Waals surface area contributed by atoms with E-state index in [1.807, 2.05) is 0 Å². The van der Waals surface area contributed by atoms with Gasteiger partial charge in [-0.25, -0.2) is 0 Å². The zero-order valence-corrected chi connectivity index (χ0v) is 29.8. The molecule has 2 heterocycles. The van der Waals surface area contributed by atoms with E-state index in [2.05, 4.69) is 42.5 Å². The summed E-state index contributed by atoms with van der Waals surface area (Å²) in [5.41, 5.74) is -3.66. The van der Waals surface area contributed by atoms with Crippen LogP contribution < -0.4 is 21.8 Å². The quantitative estimate of drug-likeness (QED) is 0.184. The molecule has 9 nitrogen and oxygen atoms in total. The van der Waals surface area contributed by atoms with E-state index < -0.39 is 46.4 Å². The van der Waals surface area contributed by atoms with Crippen LogP contribution in [0.15, 0.2) is 79.2 Å². The first-order valence-electron chi connectivity index (χ1n) is 14.8. The Morgan fingerprint density at radius 2 is 1.04 bits per heavy atom. The summed E-state index contributed by atoms with van der Waals surface area (Å²) < 4.78 is 82.5. The summed E-state index contributed by atoms with van der Waals surface area (Å²) >= 11 is 6.54. The van der Waals surface area contributed by atoms with Crippen molar-refractivity contribution in [3.05, 3.63) is 124 Å². The van der Waals surface area contributed by atoms with E-state index in [0.717, 1.165) is 33.4 Å². The molecule has 0 atom stereocenters. The van der Waals surface area contributed by atoms with Crippen LogP contribution >= 0.6 is 31.9 Å². The molecule has 0 bridgehead atoms. The van der Waals surface area contributed by atoms with Gasteiger partial charge in [0.2, 0.25) is 0 Å². The summed E-state index contributed by atoms with van der Waals surface area (Å²) in [5.74, 6) is -1.50. The highest BCUT2D eigenvalue weighted by Gasteiger charge is 2.32. The molecular weight excluding hydrogens is 804 g/mol. The van der Waals surface area contributed by atoms with Crippen LogP contribution in [0.25, 0.3) is 11.4 Å². The Morgan fingerprint density at radius 1 is 0.680 bits per heavy atom. The number of carbonyl (C=O) groups excluding carboxylic acids is 2. The number of aromatic nitrogens is 2. The minimum Gasteiger partial charge on any atom is -0.351 e. The topological polar surface area (TPSA) is 105 Å². The fourth-order valence-electron chi connectivity index (χ4n) is 4.96. The molecule has 0 saturated heterocycles. The van der Waals surface area contributed by atoms with Crippen molar-refractivity contribution in [1.82, 2.24) is 24.7 Å². The summed E-state index contributed by atoms with van der Waals surface area (Å²) in [7, 11) is 1.69. The maximum absolute atomic E-state index is 13.3. The zero-order chi connectivity index (χ0) is 37.1. The SMILES string of the molecule is Cc1c(Br)cc(C(=O)NCCN(C)CCNC(=O)c2cc(Br)c(C)n(-c3cccc(C(F)(F)F)c3)c2=O)c(=O)n1-c1cccc(C(F)(F)F)c1. The monoisotopic (exact) mass is 831 g/mol. The first-order valence-corrected chi connectivity index (χ1v) is 16.3. The average molecular weight is 833 g/mol. The molecular formula is C33H29Br2F6N5O4. The molecule has 2 N–H and O–H groups in total. The zero-order valence-electron chi connectivity index (χ0n) is 26.6. The van der Waals surface area contributed by atoms with E-state index in [-0.39, 0.29) is 48.7 Å². The number of nitrogens with one attached hydrogen (secondary N) is 2.